The Balaban J connectivity index is 2.13. The standard InChI is InChI=1S/C12H15N2O3/c1-16-10-4-3-9(7-11(10)17-2)8-14-6-5-13-12(14)15/h3-4,7H,5-6,8H2,1-2H3. The minimum atomic E-state index is -0.139. The van der Waals surface area contributed by atoms with Gasteiger partial charge in [0.05, 0.1) is 20.8 Å². The van der Waals surface area contributed by atoms with Crippen molar-refractivity contribution >= 4 is 6.03 Å². The molecule has 1 saturated heterocycles. The SMILES string of the molecule is COc1ccc(CN2CC[N]C2=O)cc1OC. The zero-order chi connectivity index (χ0) is 12.3. The number of urea groups is 1. The highest BCUT2D eigenvalue weighted by atomic mass is 16.5. The van der Waals surface area contributed by atoms with E-state index in [9.17, 15) is 4.79 Å². The van der Waals surface area contributed by atoms with E-state index in [1.54, 1.807) is 19.1 Å². The number of nitrogens with zero attached hydrogens (tertiary/aromatic N) is 2. The van der Waals surface area contributed by atoms with E-state index in [-0.39, 0.29) is 6.03 Å². The van der Waals surface area contributed by atoms with Gasteiger partial charge in [-0.15, -0.1) is 0 Å². The van der Waals surface area contributed by atoms with Crippen LogP contribution in [0.4, 0.5) is 4.79 Å². The van der Waals surface area contributed by atoms with Crippen molar-refractivity contribution < 1.29 is 14.3 Å². The molecule has 1 aliphatic heterocycles. The third-order valence-electron chi connectivity index (χ3n) is 2.71. The van der Waals surface area contributed by atoms with Gasteiger partial charge in [0.1, 0.15) is 0 Å². The number of methoxy groups -OCH3 is 2. The molecule has 1 fully saturated rings. The summed E-state index contributed by atoms with van der Waals surface area (Å²) in [5.41, 5.74) is 1.01. The molecule has 2 rings (SSSR count). The normalized spacial score (nSPS) is 14.7. The lowest BCUT2D eigenvalue weighted by atomic mass is 10.2. The number of rotatable bonds is 4. The van der Waals surface area contributed by atoms with E-state index in [0.29, 0.717) is 31.1 Å². The molecule has 0 saturated carbocycles. The molecule has 1 heterocycles. The van der Waals surface area contributed by atoms with Gasteiger partial charge in [0.2, 0.25) is 0 Å². The lowest BCUT2D eigenvalue weighted by Gasteiger charge is -2.15. The Morgan fingerprint density at radius 1 is 1.29 bits per heavy atom. The van der Waals surface area contributed by atoms with E-state index in [1.807, 2.05) is 18.2 Å². The number of benzene rings is 1. The van der Waals surface area contributed by atoms with Crippen LogP contribution in [0.25, 0.3) is 0 Å². The molecular weight excluding hydrogens is 220 g/mol. The van der Waals surface area contributed by atoms with Crippen molar-refractivity contribution in [2.75, 3.05) is 27.3 Å². The topological polar surface area (TPSA) is 52.9 Å². The average molecular weight is 235 g/mol. The van der Waals surface area contributed by atoms with Crippen LogP contribution >= 0.6 is 0 Å². The summed E-state index contributed by atoms with van der Waals surface area (Å²) in [5, 5.41) is 3.82. The van der Waals surface area contributed by atoms with Gasteiger partial charge in [-0.2, -0.15) is 0 Å². The summed E-state index contributed by atoms with van der Waals surface area (Å²) in [6, 6.07) is 5.50. The van der Waals surface area contributed by atoms with Crippen LogP contribution in [0.15, 0.2) is 18.2 Å². The maximum atomic E-state index is 11.4. The van der Waals surface area contributed by atoms with Gasteiger partial charge in [0.25, 0.3) is 0 Å². The number of amides is 2. The summed E-state index contributed by atoms with van der Waals surface area (Å²) in [7, 11) is 3.19. The molecule has 5 heteroatoms. The van der Waals surface area contributed by atoms with Crippen molar-refractivity contribution in [3.8, 4) is 11.5 Å². The average Bonchev–Trinajstić information content (AvgIpc) is 2.75. The second-order valence-electron chi connectivity index (χ2n) is 3.78. The largest absolute Gasteiger partial charge is 0.493 e. The summed E-state index contributed by atoms with van der Waals surface area (Å²) in [5.74, 6) is 1.36. The molecule has 0 aliphatic carbocycles. The van der Waals surface area contributed by atoms with E-state index in [0.717, 1.165) is 5.56 Å². The zero-order valence-corrected chi connectivity index (χ0v) is 9.97. The van der Waals surface area contributed by atoms with Crippen LogP contribution in [0.5, 0.6) is 11.5 Å². The maximum Gasteiger partial charge on any atom is 0.339 e. The first-order valence-corrected chi connectivity index (χ1v) is 5.42. The van der Waals surface area contributed by atoms with Crippen molar-refractivity contribution in [1.29, 1.82) is 0 Å². The molecule has 0 N–H and O–H groups in total. The highest BCUT2D eigenvalue weighted by Crippen LogP contribution is 2.28. The molecule has 17 heavy (non-hydrogen) atoms. The third kappa shape index (κ3) is 2.43. The summed E-state index contributed by atoms with van der Waals surface area (Å²) < 4.78 is 10.4. The summed E-state index contributed by atoms with van der Waals surface area (Å²) in [4.78, 5) is 13.1. The van der Waals surface area contributed by atoms with Crippen LogP contribution in [-0.2, 0) is 6.54 Å². The molecule has 5 nitrogen and oxygen atoms in total. The smallest absolute Gasteiger partial charge is 0.339 e. The van der Waals surface area contributed by atoms with Crippen molar-refractivity contribution in [1.82, 2.24) is 10.2 Å². The van der Waals surface area contributed by atoms with Gasteiger partial charge >= 0.3 is 6.03 Å². The Labute approximate surface area is 100 Å². The predicted octanol–water partition coefficient (Wildman–Crippen LogP) is 1.24. The fourth-order valence-corrected chi connectivity index (χ4v) is 1.81. The highest BCUT2D eigenvalue weighted by Gasteiger charge is 2.21. The fraction of sp³-hybridized carbons (Fsp3) is 0.417. The lowest BCUT2D eigenvalue weighted by Crippen LogP contribution is -2.25. The first-order valence-electron chi connectivity index (χ1n) is 5.42. The van der Waals surface area contributed by atoms with Crippen LogP contribution in [-0.4, -0.2) is 38.2 Å². The van der Waals surface area contributed by atoms with Crippen LogP contribution < -0.4 is 14.8 Å². The number of hydrogen-bond acceptors (Lipinski definition) is 3. The summed E-state index contributed by atoms with van der Waals surface area (Å²) >= 11 is 0. The minimum absolute atomic E-state index is 0.139. The molecule has 91 valence electrons. The Morgan fingerprint density at radius 2 is 2.06 bits per heavy atom. The minimum Gasteiger partial charge on any atom is -0.493 e. The molecule has 0 aromatic heterocycles. The first-order chi connectivity index (χ1) is 8.24. The number of hydrogen-bond donors (Lipinski definition) is 0. The summed E-state index contributed by atoms with van der Waals surface area (Å²) in [6.07, 6.45) is 0. The molecule has 0 bridgehead atoms. The quantitative estimate of drug-likeness (QED) is 0.789. The molecule has 0 atom stereocenters. The molecule has 1 aliphatic rings. The van der Waals surface area contributed by atoms with E-state index < -0.39 is 0 Å². The molecular formula is C12H15N2O3. The van der Waals surface area contributed by atoms with Crippen LogP contribution in [0, 0.1) is 0 Å². The lowest BCUT2D eigenvalue weighted by molar-refractivity contribution is 0.215. The van der Waals surface area contributed by atoms with Crippen molar-refractivity contribution in [3.05, 3.63) is 23.8 Å². The van der Waals surface area contributed by atoms with E-state index in [2.05, 4.69) is 5.32 Å². The van der Waals surface area contributed by atoms with Crippen molar-refractivity contribution in [2.45, 2.75) is 6.54 Å². The van der Waals surface area contributed by atoms with Crippen LogP contribution in [0.3, 0.4) is 0 Å². The number of carbonyl (C=O) groups is 1. The Hall–Kier alpha value is -1.91. The van der Waals surface area contributed by atoms with Gasteiger partial charge in [0, 0.05) is 13.1 Å². The molecule has 1 aromatic carbocycles. The molecule has 1 aromatic rings. The first kappa shape index (κ1) is 11.6. The molecule has 2 amide bonds. The number of carbonyl (C=O) groups excluding carboxylic acids is 1. The number of ether oxygens (including phenoxy) is 2. The van der Waals surface area contributed by atoms with E-state index in [4.69, 9.17) is 9.47 Å². The van der Waals surface area contributed by atoms with Crippen LogP contribution in [0.2, 0.25) is 0 Å². The van der Waals surface area contributed by atoms with Gasteiger partial charge in [-0.05, 0) is 17.7 Å². The Bertz CT molecular complexity index is 420. The van der Waals surface area contributed by atoms with E-state index >= 15 is 0 Å². The van der Waals surface area contributed by atoms with Gasteiger partial charge in [-0.25, -0.2) is 10.1 Å². The second kappa shape index (κ2) is 4.95. The third-order valence-corrected chi connectivity index (χ3v) is 2.71. The van der Waals surface area contributed by atoms with Crippen molar-refractivity contribution in [2.24, 2.45) is 0 Å². The van der Waals surface area contributed by atoms with E-state index in [1.165, 1.54) is 0 Å². The van der Waals surface area contributed by atoms with Gasteiger partial charge < -0.3 is 14.4 Å². The molecule has 0 spiro atoms. The van der Waals surface area contributed by atoms with Gasteiger partial charge in [0.15, 0.2) is 11.5 Å². The van der Waals surface area contributed by atoms with Gasteiger partial charge in [-0.1, -0.05) is 6.07 Å². The monoisotopic (exact) mass is 235 g/mol. The molecule has 0 unspecified atom stereocenters. The Morgan fingerprint density at radius 3 is 2.65 bits per heavy atom. The highest BCUT2D eigenvalue weighted by molar-refractivity contribution is 5.75. The van der Waals surface area contributed by atoms with Gasteiger partial charge in [-0.3, -0.25) is 0 Å². The second-order valence-corrected chi connectivity index (χ2v) is 3.78. The zero-order valence-electron chi connectivity index (χ0n) is 9.97. The van der Waals surface area contributed by atoms with Crippen molar-refractivity contribution in [3.63, 3.8) is 0 Å². The fourth-order valence-electron chi connectivity index (χ4n) is 1.81. The summed E-state index contributed by atoms with van der Waals surface area (Å²) in [6.45, 7) is 1.84. The van der Waals surface area contributed by atoms with Crippen LogP contribution in [0.1, 0.15) is 5.56 Å². The molecule has 1 radical (unpaired) electrons. The maximum absolute atomic E-state index is 11.4. The predicted molar refractivity (Wildman–Crippen MR) is 62.4 cm³/mol. The Kier molecular flexibility index (Phi) is 3.37.